The van der Waals surface area contributed by atoms with Crippen molar-refractivity contribution in [2.75, 3.05) is 18.4 Å². The standard InChI is InChI=1S/C25H24N4O3S2/c1-17-8-11-21(12-9-17)26-23(30)25-28-27-24(33-25)20-7-4-14-29(16-20)34(31,32)22-13-10-18-5-2-3-6-19(18)15-22/h2-3,5-6,8-13,15,20H,4,7,14,16H2,1H3,(H,26,30). The highest BCUT2D eigenvalue weighted by Crippen LogP contribution is 2.32. The molecule has 0 saturated carbocycles. The van der Waals surface area contributed by atoms with Gasteiger partial charge in [-0.3, -0.25) is 4.79 Å². The number of anilines is 1. The molecule has 1 amide bonds. The molecule has 0 spiro atoms. The SMILES string of the molecule is Cc1ccc(NC(=O)c2nnc(C3CCCN(S(=O)(=O)c4ccc5ccccc5c4)C3)s2)cc1. The van der Waals surface area contributed by atoms with E-state index in [1.165, 1.54) is 15.6 Å². The largest absolute Gasteiger partial charge is 0.320 e. The molecule has 1 aromatic heterocycles. The van der Waals surface area contributed by atoms with Crippen LogP contribution in [0.25, 0.3) is 10.8 Å². The lowest BCUT2D eigenvalue weighted by molar-refractivity contribution is 0.102. The van der Waals surface area contributed by atoms with E-state index in [4.69, 9.17) is 0 Å². The van der Waals surface area contributed by atoms with Crippen molar-refractivity contribution in [2.24, 2.45) is 0 Å². The fourth-order valence-electron chi connectivity index (χ4n) is 4.15. The highest BCUT2D eigenvalue weighted by Gasteiger charge is 2.33. The number of sulfonamides is 1. The number of rotatable bonds is 5. The zero-order chi connectivity index (χ0) is 23.7. The van der Waals surface area contributed by atoms with Crippen LogP contribution >= 0.6 is 11.3 Å². The Hall–Kier alpha value is -3.14. The molecule has 1 aliphatic rings. The number of piperidine rings is 1. The van der Waals surface area contributed by atoms with Crippen molar-refractivity contribution >= 4 is 43.7 Å². The highest BCUT2D eigenvalue weighted by molar-refractivity contribution is 7.89. The van der Waals surface area contributed by atoms with Gasteiger partial charge in [-0.2, -0.15) is 4.31 Å². The first-order valence-corrected chi connectivity index (χ1v) is 13.4. The molecule has 2 heterocycles. The van der Waals surface area contributed by atoms with Gasteiger partial charge in [0.25, 0.3) is 5.91 Å². The molecular weight excluding hydrogens is 468 g/mol. The van der Waals surface area contributed by atoms with Crippen LogP contribution in [0.1, 0.15) is 39.1 Å². The van der Waals surface area contributed by atoms with E-state index < -0.39 is 10.0 Å². The molecule has 1 N–H and O–H groups in total. The van der Waals surface area contributed by atoms with E-state index in [9.17, 15) is 13.2 Å². The maximum atomic E-state index is 13.4. The number of benzene rings is 3. The minimum absolute atomic E-state index is 0.0950. The lowest BCUT2D eigenvalue weighted by Crippen LogP contribution is -2.39. The van der Waals surface area contributed by atoms with Gasteiger partial charge in [-0.05, 0) is 54.8 Å². The Morgan fingerprint density at radius 3 is 2.59 bits per heavy atom. The van der Waals surface area contributed by atoms with Gasteiger partial charge in [-0.15, -0.1) is 10.2 Å². The number of aryl methyl sites for hydroxylation is 1. The Balaban J connectivity index is 1.31. The van der Waals surface area contributed by atoms with Gasteiger partial charge < -0.3 is 5.32 Å². The Kier molecular flexibility index (Phi) is 6.16. The number of fused-ring (bicyclic) bond motifs is 1. The van der Waals surface area contributed by atoms with Gasteiger partial charge in [0.05, 0.1) is 4.90 Å². The van der Waals surface area contributed by atoms with Crippen LogP contribution in [0.15, 0.2) is 71.6 Å². The molecule has 1 fully saturated rings. The second-order valence-corrected chi connectivity index (χ2v) is 11.4. The number of hydrogen-bond acceptors (Lipinski definition) is 6. The first-order chi connectivity index (χ1) is 16.4. The molecule has 4 aromatic rings. The summed E-state index contributed by atoms with van der Waals surface area (Å²) >= 11 is 1.22. The third kappa shape index (κ3) is 4.59. The maximum absolute atomic E-state index is 13.4. The fourth-order valence-corrected chi connectivity index (χ4v) is 6.58. The Labute approximate surface area is 202 Å². The van der Waals surface area contributed by atoms with Crippen LogP contribution < -0.4 is 5.32 Å². The molecule has 9 heteroatoms. The zero-order valence-corrected chi connectivity index (χ0v) is 20.3. The monoisotopic (exact) mass is 492 g/mol. The van der Waals surface area contributed by atoms with Crippen molar-refractivity contribution in [3.63, 3.8) is 0 Å². The summed E-state index contributed by atoms with van der Waals surface area (Å²) in [5.74, 6) is -0.411. The topological polar surface area (TPSA) is 92.3 Å². The first-order valence-electron chi connectivity index (χ1n) is 11.1. The van der Waals surface area contributed by atoms with Crippen molar-refractivity contribution in [3.05, 3.63) is 82.3 Å². The number of nitrogens with one attached hydrogen (secondary N) is 1. The summed E-state index contributed by atoms with van der Waals surface area (Å²) in [5, 5.41) is 14.0. The van der Waals surface area contributed by atoms with E-state index >= 15 is 0 Å². The maximum Gasteiger partial charge on any atom is 0.286 e. The van der Waals surface area contributed by atoms with Crippen molar-refractivity contribution < 1.29 is 13.2 Å². The van der Waals surface area contributed by atoms with Crippen LogP contribution in [0.5, 0.6) is 0 Å². The fraction of sp³-hybridized carbons (Fsp3) is 0.240. The molecular formula is C25H24N4O3S2. The predicted molar refractivity (Wildman–Crippen MR) is 134 cm³/mol. The number of aromatic nitrogens is 2. The summed E-state index contributed by atoms with van der Waals surface area (Å²) < 4.78 is 28.3. The summed E-state index contributed by atoms with van der Waals surface area (Å²) in [4.78, 5) is 12.9. The molecule has 0 radical (unpaired) electrons. The molecule has 0 aliphatic carbocycles. The quantitative estimate of drug-likeness (QED) is 0.431. The summed E-state index contributed by atoms with van der Waals surface area (Å²) in [6.07, 6.45) is 1.53. The van der Waals surface area contributed by atoms with Gasteiger partial charge in [0.2, 0.25) is 15.0 Å². The normalized spacial score (nSPS) is 17.0. The summed E-state index contributed by atoms with van der Waals surface area (Å²) in [6, 6.07) is 20.5. The van der Waals surface area contributed by atoms with Gasteiger partial charge in [0, 0.05) is 24.7 Å². The average molecular weight is 493 g/mol. The summed E-state index contributed by atoms with van der Waals surface area (Å²) in [5.41, 5.74) is 1.80. The van der Waals surface area contributed by atoms with Crippen molar-refractivity contribution in [2.45, 2.75) is 30.6 Å². The second-order valence-electron chi connectivity index (χ2n) is 8.48. The number of nitrogens with zero attached hydrogens (tertiary/aromatic N) is 3. The zero-order valence-electron chi connectivity index (χ0n) is 18.6. The minimum Gasteiger partial charge on any atom is -0.320 e. The van der Waals surface area contributed by atoms with E-state index in [0.717, 1.165) is 29.2 Å². The predicted octanol–water partition coefficient (Wildman–Crippen LogP) is 4.82. The van der Waals surface area contributed by atoms with E-state index in [1.54, 1.807) is 12.1 Å². The molecule has 7 nitrogen and oxygen atoms in total. The van der Waals surface area contributed by atoms with Crippen LogP contribution in [-0.4, -0.2) is 41.9 Å². The lowest BCUT2D eigenvalue weighted by Gasteiger charge is -2.30. The van der Waals surface area contributed by atoms with Gasteiger partial charge >= 0.3 is 0 Å². The molecule has 5 rings (SSSR count). The van der Waals surface area contributed by atoms with Crippen molar-refractivity contribution in [1.82, 2.24) is 14.5 Å². The molecule has 3 aromatic carbocycles. The van der Waals surface area contributed by atoms with Gasteiger partial charge in [-0.1, -0.05) is 59.4 Å². The van der Waals surface area contributed by atoms with Crippen molar-refractivity contribution in [3.8, 4) is 0 Å². The minimum atomic E-state index is -3.64. The van der Waals surface area contributed by atoms with Crippen LogP contribution in [0.4, 0.5) is 5.69 Å². The Morgan fingerprint density at radius 2 is 1.79 bits per heavy atom. The first kappa shape index (κ1) is 22.6. The second kappa shape index (κ2) is 9.25. The van der Waals surface area contributed by atoms with E-state index in [2.05, 4.69) is 15.5 Å². The Morgan fingerprint density at radius 1 is 1.03 bits per heavy atom. The average Bonchev–Trinajstić information content (AvgIpc) is 3.36. The number of carbonyl (C=O) groups is 1. The van der Waals surface area contributed by atoms with Crippen LogP contribution in [-0.2, 0) is 10.0 Å². The smallest absolute Gasteiger partial charge is 0.286 e. The molecule has 34 heavy (non-hydrogen) atoms. The van der Waals surface area contributed by atoms with Gasteiger partial charge in [-0.25, -0.2) is 8.42 Å². The Bertz CT molecular complexity index is 1450. The molecule has 1 aliphatic heterocycles. The number of hydrogen-bond donors (Lipinski definition) is 1. The number of carbonyl (C=O) groups excluding carboxylic acids is 1. The third-order valence-corrected chi connectivity index (χ3v) is 8.98. The summed E-state index contributed by atoms with van der Waals surface area (Å²) in [7, 11) is -3.64. The molecule has 1 atom stereocenters. The van der Waals surface area contributed by atoms with E-state index in [1.807, 2.05) is 61.5 Å². The third-order valence-electron chi connectivity index (χ3n) is 6.04. The van der Waals surface area contributed by atoms with Crippen LogP contribution in [0.3, 0.4) is 0 Å². The van der Waals surface area contributed by atoms with Gasteiger partial charge in [0.1, 0.15) is 5.01 Å². The number of amides is 1. The molecule has 0 bridgehead atoms. The summed E-state index contributed by atoms with van der Waals surface area (Å²) in [6.45, 7) is 2.77. The van der Waals surface area contributed by atoms with E-state index in [0.29, 0.717) is 28.7 Å². The lowest BCUT2D eigenvalue weighted by atomic mass is 10.0. The van der Waals surface area contributed by atoms with Crippen LogP contribution in [0, 0.1) is 6.92 Å². The highest BCUT2D eigenvalue weighted by atomic mass is 32.2. The molecule has 174 valence electrons. The molecule has 1 unspecified atom stereocenters. The van der Waals surface area contributed by atoms with Gasteiger partial charge in [0.15, 0.2) is 0 Å². The van der Waals surface area contributed by atoms with Crippen LogP contribution in [0.2, 0.25) is 0 Å². The van der Waals surface area contributed by atoms with E-state index in [-0.39, 0.29) is 16.8 Å². The van der Waals surface area contributed by atoms with Crippen molar-refractivity contribution in [1.29, 1.82) is 0 Å². The molecule has 1 saturated heterocycles.